The highest BCUT2D eigenvalue weighted by Crippen LogP contribution is 2.25. The molecule has 0 aliphatic rings. The van der Waals surface area contributed by atoms with Crippen molar-refractivity contribution in [1.29, 1.82) is 0 Å². The minimum atomic E-state index is -0.294. The first-order valence-electron chi connectivity index (χ1n) is 9.77. The van der Waals surface area contributed by atoms with Gasteiger partial charge < -0.3 is 10.1 Å². The van der Waals surface area contributed by atoms with Crippen LogP contribution in [0, 0.1) is 13.8 Å². The molecule has 0 spiro atoms. The third kappa shape index (κ3) is 4.92. The van der Waals surface area contributed by atoms with Crippen molar-refractivity contribution in [3.63, 3.8) is 0 Å². The molecule has 1 N–H and O–H groups in total. The average Bonchev–Trinajstić information content (AvgIpc) is 3.19. The van der Waals surface area contributed by atoms with Crippen molar-refractivity contribution in [2.45, 2.75) is 13.8 Å². The van der Waals surface area contributed by atoms with E-state index in [9.17, 15) is 4.79 Å². The van der Waals surface area contributed by atoms with E-state index in [1.165, 1.54) is 5.56 Å². The highest BCUT2D eigenvalue weighted by Gasteiger charge is 2.15. The van der Waals surface area contributed by atoms with Crippen LogP contribution in [0.5, 0.6) is 5.75 Å². The minimum absolute atomic E-state index is 0.119. The summed E-state index contributed by atoms with van der Waals surface area (Å²) < 4.78 is 7.25. The van der Waals surface area contributed by atoms with E-state index in [0.29, 0.717) is 28.1 Å². The molecular formula is C24H21ClN4O2. The van der Waals surface area contributed by atoms with Gasteiger partial charge in [-0.05, 0) is 61.4 Å². The van der Waals surface area contributed by atoms with E-state index < -0.39 is 0 Å². The maximum atomic E-state index is 12.6. The molecule has 2 heterocycles. The second-order valence-electron chi connectivity index (χ2n) is 7.10. The van der Waals surface area contributed by atoms with E-state index in [2.05, 4.69) is 15.4 Å². The van der Waals surface area contributed by atoms with Crippen LogP contribution in [-0.4, -0.2) is 27.3 Å². The number of anilines is 1. The van der Waals surface area contributed by atoms with Crippen molar-refractivity contribution in [1.82, 2.24) is 14.8 Å². The van der Waals surface area contributed by atoms with Gasteiger partial charge in [-0.1, -0.05) is 35.9 Å². The number of rotatable bonds is 6. The van der Waals surface area contributed by atoms with Crippen LogP contribution < -0.4 is 10.1 Å². The third-order valence-electron chi connectivity index (χ3n) is 4.83. The highest BCUT2D eigenvalue weighted by atomic mass is 35.5. The monoisotopic (exact) mass is 432 g/mol. The second-order valence-corrected chi connectivity index (χ2v) is 7.54. The molecule has 6 nitrogen and oxygen atoms in total. The van der Waals surface area contributed by atoms with Gasteiger partial charge in [-0.15, -0.1) is 0 Å². The van der Waals surface area contributed by atoms with Crippen LogP contribution in [0.1, 0.15) is 11.1 Å². The fraction of sp³-hybridized carbons (Fsp3) is 0.125. The van der Waals surface area contributed by atoms with Gasteiger partial charge in [0.2, 0.25) is 0 Å². The Morgan fingerprint density at radius 1 is 1.03 bits per heavy atom. The number of nitrogens with zero attached hydrogens (tertiary/aromatic N) is 3. The zero-order valence-electron chi connectivity index (χ0n) is 17.2. The maximum Gasteiger partial charge on any atom is 0.263 e. The van der Waals surface area contributed by atoms with Crippen LogP contribution in [0.15, 0.2) is 72.9 Å². The molecule has 31 heavy (non-hydrogen) atoms. The molecule has 1 amide bonds. The van der Waals surface area contributed by atoms with E-state index in [1.54, 1.807) is 29.1 Å². The first kappa shape index (κ1) is 20.6. The van der Waals surface area contributed by atoms with Crippen molar-refractivity contribution < 1.29 is 9.53 Å². The summed E-state index contributed by atoms with van der Waals surface area (Å²) in [5.74, 6) is 1.45. The molecule has 0 fully saturated rings. The van der Waals surface area contributed by atoms with E-state index in [0.717, 1.165) is 11.1 Å². The van der Waals surface area contributed by atoms with Gasteiger partial charge in [-0.25, -0.2) is 4.98 Å². The number of nitrogens with one attached hydrogen (secondary N) is 1. The van der Waals surface area contributed by atoms with Crippen LogP contribution in [0.25, 0.3) is 17.1 Å². The van der Waals surface area contributed by atoms with Crippen molar-refractivity contribution in [2.24, 2.45) is 0 Å². The van der Waals surface area contributed by atoms with Gasteiger partial charge in [-0.3, -0.25) is 4.79 Å². The molecule has 0 aliphatic heterocycles. The highest BCUT2D eigenvalue weighted by molar-refractivity contribution is 6.30. The number of hydrogen-bond acceptors (Lipinski definition) is 4. The number of carbonyl (C=O) groups excluding carboxylic acids is 1. The first-order chi connectivity index (χ1) is 15.0. The van der Waals surface area contributed by atoms with E-state index >= 15 is 0 Å². The SMILES string of the molecule is Cc1ccc(OCC(=O)Nc2cc(-c3ccc(Cl)cc3)nn2-c2ccccn2)cc1C. The zero-order valence-corrected chi connectivity index (χ0v) is 17.9. The Bertz CT molecular complexity index is 1200. The van der Waals surface area contributed by atoms with Gasteiger partial charge >= 0.3 is 0 Å². The molecule has 0 bridgehead atoms. The zero-order chi connectivity index (χ0) is 21.8. The normalized spacial score (nSPS) is 10.7. The van der Waals surface area contributed by atoms with Crippen LogP contribution in [0.2, 0.25) is 5.02 Å². The number of benzene rings is 2. The van der Waals surface area contributed by atoms with Gasteiger partial charge in [0.25, 0.3) is 5.91 Å². The number of amides is 1. The molecule has 0 saturated heterocycles. The molecule has 4 aromatic rings. The summed E-state index contributed by atoms with van der Waals surface area (Å²) in [5, 5.41) is 8.15. The smallest absolute Gasteiger partial charge is 0.263 e. The molecule has 0 atom stereocenters. The summed E-state index contributed by atoms with van der Waals surface area (Å²) >= 11 is 6.00. The van der Waals surface area contributed by atoms with Crippen LogP contribution in [0.4, 0.5) is 5.82 Å². The van der Waals surface area contributed by atoms with Crippen LogP contribution in [0.3, 0.4) is 0 Å². The lowest BCUT2D eigenvalue weighted by Gasteiger charge is -2.10. The fourth-order valence-corrected chi connectivity index (χ4v) is 3.14. The predicted octanol–water partition coefficient (Wildman–Crippen LogP) is 5.22. The Balaban J connectivity index is 1.56. The number of hydrogen-bond donors (Lipinski definition) is 1. The number of ether oxygens (including phenoxy) is 1. The van der Waals surface area contributed by atoms with Crippen molar-refractivity contribution in [3.05, 3.63) is 89.1 Å². The summed E-state index contributed by atoms with van der Waals surface area (Å²) in [6.07, 6.45) is 1.67. The van der Waals surface area contributed by atoms with E-state index in [1.807, 2.05) is 62.4 Å². The summed E-state index contributed by atoms with van der Waals surface area (Å²) in [4.78, 5) is 16.9. The van der Waals surface area contributed by atoms with E-state index in [-0.39, 0.29) is 12.5 Å². The Kier molecular flexibility index (Phi) is 6.00. The molecule has 0 saturated carbocycles. The predicted molar refractivity (Wildman–Crippen MR) is 122 cm³/mol. The molecule has 2 aromatic heterocycles. The molecule has 0 radical (unpaired) electrons. The first-order valence-corrected chi connectivity index (χ1v) is 10.1. The van der Waals surface area contributed by atoms with Gasteiger partial charge in [0.05, 0.1) is 5.69 Å². The Morgan fingerprint density at radius 2 is 1.84 bits per heavy atom. The summed E-state index contributed by atoms with van der Waals surface area (Å²) in [5.41, 5.74) is 3.85. The number of pyridine rings is 1. The largest absolute Gasteiger partial charge is 0.484 e. The number of aromatic nitrogens is 3. The maximum absolute atomic E-state index is 12.6. The molecule has 0 unspecified atom stereocenters. The lowest BCUT2D eigenvalue weighted by molar-refractivity contribution is -0.118. The van der Waals surface area contributed by atoms with Gasteiger partial charge in [0.15, 0.2) is 12.4 Å². The second kappa shape index (κ2) is 9.02. The van der Waals surface area contributed by atoms with Crippen molar-refractivity contribution in [2.75, 3.05) is 11.9 Å². The third-order valence-corrected chi connectivity index (χ3v) is 5.08. The van der Waals surface area contributed by atoms with Crippen molar-refractivity contribution in [3.8, 4) is 22.8 Å². The fourth-order valence-electron chi connectivity index (χ4n) is 3.02. The molecule has 2 aromatic carbocycles. The Hall–Kier alpha value is -3.64. The molecule has 4 rings (SSSR count). The summed E-state index contributed by atoms with van der Waals surface area (Å²) in [6.45, 7) is 3.92. The number of halogens is 1. The Labute approximate surface area is 185 Å². The standard InChI is InChI=1S/C24H21ClN4O2/c1-16-6-11-20(13-17(16)2)31-15-24(30)27-23-14-21(18-7-9-19(25)10-8-18)28-29(23)22-5-3-4-12-26-22/h3-14H,15H2,1-2H3,(H,27,30). The topological polar surface area (TPSA) is 69.0 Å². The lowest BCUT2D eigenvalue weighted by Crippen LogP contribution is -2.22. The number of carbonyl (C=O) groups is 1. The minimum Gasteiger partial charge on any atom is -0.484 e. The van der Waals surface area contributed by atoms with E-state index in [4.69, 9.17) is 16.3 Å². The quantitative estimate of drug-likeness (QED) is 0.453. The average molecular weight is 433 g/mol. The molecule has 156 valence electrons. The summed E-state index contributed by atoms with van der Waals surface area (Å²) in [6, 6.07) is 20.4. The van der Waals surface area contributed by atoms with Crippen molar-refractivity contribution >= 4 is 23.3 Å². The number of aryl methyl sites for hydroxylation is 2. The molecular weight excluding hydrogens is 412 g/mol. The van der Waals surface area contributed by atoms with Crippen LogP contribution in [-0.2, 0) is 4.79 Å². The Morgan fingerprint density at radius 3 is 2.55 bits per heavy atom. The molecule has 0 aliphatic carbocycles. The molecule has 7 heteroatoms. The lowest BCUT2D eigenvalue weighted by atomic mass is 10.1. The van der Waals surface area contributed by atoms with Gasteiger partial charge in [-0.2, -0.15) is 9.78 Å². The van der Waals surface area contributed by atoms with Gasteiger partial charge in [0, 0.05) is 22.8 Å². The summed E-state index contributed by atoms with van der Waals surface area (Å²) in [7, 11) is 0. The van der Waals surface area contributed by atoms with Gasteiger partial charge in [0.1, 0.15) is 11.6 Å². The van der Waals surface area contributed by atoms with Crippen LogP contribution >= 0.6 is 11.6 Å².